The molecule has 0 spiro atoms. The van der Waals surface area contributed by atoms with Crippen LogP contribution >= 0.6 is 0 Å². The van der Waals surface area contributed by atoms with Crippen molar-refractivity contribution in [2.45, 2.75) is 40.0 Å². The first-order chi connectivity index (χ1) is 9.61. The van der Waals surface area contributed by atoms with Crippen LogP contribution in [0.5, 0.6) is 0 Å². The van der Waals surface area contributed by atoms with Crippen molar-refractivity contribution in [1.29, 1.82) is 0 Å². The summed E-state index contributed by atoms with van der Waals surface area (Å²) < 4.78 is 0. The summed E-state index contributed by atoms with van der Waals surface area (Å²) in [5.74, 6) is 1.65. The summed E-state index contributed by atoms with van der Waals surface area (Å²) in [4.78, 5) is 8.53. The topological polar surface area (TPSA) is 49.3 Å². The second-order valence-electron chi connectivity index (χ2n) is 5.52. The van der Waals surface area contributed by atoms with Crippen LogP contribution in [0, 0.1) is 12.8 Å². The van der Waals surface area contributed by atoms with Gasteiger partial charge in [-0.3, -0.25) is 9.98 Å². The summed E-state index contributed by atoms with van der Waals surface area (Å²) in [5, 5.41) is 6.68. The summed E-state index contributed by atoms with van der Waals surface area (Å²) in [6, 6.07) is 4.18. The third kappa shape index (κ3) is 7.12. The molecule has 0 saturated heterocycles. The second kappa shape index (κ2) is 9.34. The van der Waals surface area contributed by atoms with Gasteiger partial charge < -0.3 is 10.6 Å². The number of nitrogens with zero attached hydrogens (tertiary/aromatic N) is 2. The lowest BCUT2D eigenvalue weighted by atomic mass is 10.1. The molecule has 4 nitrogen and oxygen atoms in total. The van der Waals surface area contributed by atoms with Gasteiger partial charge in [0.05, 0.1) is 0 Å². The lowest BCUT2D eigenvalue weighted by Gasteiger charge is -2.12. The van der Waals surface area contributed by atoms with Gasteiger partial charge in [0.2, 0.25) is 0 Å². The van der Waals surface area contributed by atoms with E-state index in [-0.39, 0.29) is 0 Å². The molecule has 0 aromatic carbocycles. The monoisotopic (exact) mass is 276 g/mol. The van der Waals surface area contributed by atoms with E-state index in [1.165, 1.54) is 18.4 Å². The second-order valence-corrected chi connectivity index (χ2v) is 5.52. The molecule has 0 bridgehead atoms. The zero-order valence-electron chi connectivity index (χ0n) is 13.2. The van der Waals surface area contributed by atoms with Crippen molar-refractivity contribution in [2.75, 3.05) is 20.1 Å². The largest absolute Gasteiger partial charge is 0.356 e. The molecule has 20 heavy (non-hydrogen) atoms. The number of aromatic nitrogens is 1. The van der Waals surface area contributed by atoms with Crippen LogP contribution in [-0.4, -0.2) is 31.1 Å². The van der Waals surface area contributed by atoms with Gasteiger partial charge in [-0.1, -0.05) is 19.9 Å². The maximum absolute atomic E-state index is 4.30. The van der Waals surface area contributed by atoms with E-state index in [2.05, 4.69) is 40.5 Å². The average molecular weight is 276 g/mol. The van der Waals surface area contributed by atoms with Gasteiger partial charge in [-0.15, -0.1) is 0 Å². The van der Waals surface area contributed by atoms with E-state index in [4.69, 9.17) is 0 Å². The SMILES string of the molecule is CN=C(NCCCC(C)C)NCCc1ccc(C)nc1. The molecule has 0 fully saturated rings. The molecule has 0 unspecified atom stereocenters. The van der Waals surface area contributed by atoms with Crippen LogP contribution in [-0.2, 0) is 6.42 Å². The molecule has 112 valence electrons. The van der Waals surface area contributed by atoms with Crippen LogP contribution in [0.3, 0.4) is 0 Å². The predicted molar refractivity (Wildman–Crippen MR) is 86.1 cm³/mol. The standard InChI is InChI=1S/C16H28N4/c1-13(2)6-5-10-18-16(17-4)19-11-9-15-8-7-14(3)20-12-15/h7-8,12-13H,5-6,9-11H2,1-4H3,(H2,17,18,19). The highest BCUT2D eigenvalue weighted by Gasteiger charge is 1.99. The fourth-order valence-corrected chi connectivity index (χ4v) is 1.91. The van der Waals surface area contributed by atoms with Gasteiger partial charge in [-0.2, -0.15) is 0 Å². The molecule has 0 saturated carbocycles. The Morgan fingerprint density at radius 3 is 2.60 bits per heavy atom. The Morgan fingerprint density at radius 2 is 2.00 bits per heavy atom. The van der Waals surface area contributed by atoms with Crippen molar-refractivity contribution in [3.63, 3.8) is 0 Å². The van der Waals surface area contributed by atoms with E-state index in [9.17, 15) is 0 Å². The summed E-state index contributed by atoms with van der Waals surface area (Å²) in [7, 11) is 1.81. The van der Waals surface area contributed by atoms with Gasteiger partial charge in [0.15, 0.2) is 5.96 Å². The van der Waals surface area contributed by atoms with E-state index in [1.807, 2.05) is 26.2 Å². The Balaban J connectivity index is 2.19. The van der Waals surface area contributed by atoms with Crippen LogP contribution in [0.1, 0.15) is 37.9 Å². The average Bonchev–Trinajstić information content (AvgIpc) is 2.43. The molecule has 0 aliphatic heterocycles. The quantitative estimate of drug-likeness (QED) is 0.457. The normalized spacial score (nSPS) is 11.8. The zero-order chi connectivity index (χ0) is 14.8. The number of rotatable bonds is 7. The minimum atomic E-state index is 0.765. The first-order valence-electron chi connectivity index (χ1n) is 7.48. The minimum Gasteiger partial charge on any atom is -0.356 e. The fourth-order valence-electron chi connectivity index (χ4n) is 1.91. The number of hydrogen-bond acceptors (Lipinski definition) is 2. The van der Waals surface area contributed by atoms with Crippen molar-refractivity contribution in [1.82, 2.24) is 15.6 Å². The Labute approximate surface area is 123 Å². The highest BCUT2D eigenvalue weighted by Crippen LogP contribution is 2.01. The van der Waals surface area contributed by atoms with E-state index in [0.29, 0.717) is 0 Å². The third-order valence-electron chi connectivity index (χ3n) is 3.15. The summed E-state index contributed by atoms with van der Waals surface area (Å²) in [6.07, 6.45) is 5.33. The lowest BCUT2D eigenvalue weighted by Crippen LogP contribution is -2.38. The number of nitrogens with one attached hydrogen (secondary N) is 2. The maximum Gasteiger partial charge on any atom is 0.190 e. The number of hydrogen-bond donors (Lipinski definition) is 2. The summed E-state index contributed by atoms with van der Waals surface area (Å²) in [6.45, 7) is 8.36. The molecule has 4 heteroatoms. The number of guanidine groups is 1. The third-order valence-corrected chi connectivity index (χ3v) is 3.15. The first kappa shape index (κ1) is 16.5. The van der Waals surface area contributed by atoms with Gasteiger partial charge in [-0.25, -0.2) is 0 Å². The van der Waals surface area contributed by atoms with Crippen LogP contribution in [0.2, 0.25) is 0 Å². The van der Waals surface area contributed by atoms with E-state index in [0.717, 1.165) is 37.1 Å². The molecule has 1 aromatic heterocycles. The van der Waals surface area contributed by atoms with Gasteiger partial charge in [0.25, 0.3) is 0 Å². The molecule has 1 aromatic rings. The van der Waals surface area contributed by atoms with E-state index < -0.39 is 0 Å². The Kier molecular flexibility index (Phi) is 7.70. The molecule has 0 amide bonds. The van der Waals surface area contributed by atoms with Gasteiger partial charge in [0.1, 0.15) is 0 Å². The number of aliphatic imine (C=N–C) groups is 1. The number of aryl methyl sites for hydroxylation is 1. The van der Waals surface area contributed by atoms with E-state index >= 15 is 0 Å². The summed E-state index contributed by atoms with van der Waals surface area (Å²) in [5.41, 5.74) is 2.31. The van der Waals surface area contributed by atoms with Crippen molar-refractivity contribution in [2.24, 2.45) is 10.9 Å². The van der Waals surface area contributed by atoms with Crippen molar-refractivity contribution in [3.8, 4) is 0 Å². The molecule has 1 heterocycles. The Bertz CT molecular complexity index is 395. The molecule has 0 radical (unpaired) electrons. The molecule has 0 aliphatic rings. The highest BCUT2D eigenvalue weighted by atomic mass is 15.2. The molecular formula is C16H28N4. The molecular weight excluding hydrogens is 248 g/mol. The lowest BCUT2D eigenvalue weighted by molar-refractivity contribution is 0.549. The van der Waals surface area contributed by atoms with E-state index in [1.54, 1.807) is 0 Å². The Hall–Kier alpha value is -1.58. The summed E-state index contributed by atoms with van der Waals surface area (Å²) >= 11 is 0. The molecule has 2 N–H and O–H groups in total. The predicted octanol–water partition coefficient (Wildman–Crippen LogP) is 2.53. The molecule has 0 aliphatic carbocycles. The highest BCUT2D eigenvalue weighted by molar-refractivity contribution is 5.79. The van der Waals surface area contributed by atoms with Crippen molar-refractivity contribution < 1.29 is 0 Å². The van der Waals surface area contributed by atoms with Gasteiger partial charge in [-0.05, 0) is 43.7 Å². The van der Waals surface area contributed by atoms with Crippen LogP contribution < -0.4 is 10.6 Å². The fraction of sp³-hybridized carbons (Fsp3) is 0.625. The van der Waals surface area contributed by atoms with Crippen LogP contribution in [0.25, 0.3) is 0 Å². The number of pyridine rings is 1. The van der Waals surface area contributed by atoms with Crippen molar-refractivity contribution >= 4 is 5.96 Å². The van der Waals surface area contributed by atoms with Crippen LogP contribution in [0.4, 0.5) is 0 Å². The van der Waals surface area contributed by atoms with Crippen molar-refractivity contribution in [3.05, 3.63) is 29.6 Å². The smallest absolute Gasteiger partial charge is 0.190 e. The molecule has 1 rings (SSSR count). The van der Waals surface area contributed by atoms with Crippen LogP contribution in [0.15, 0.2) is 23.3 Å². The maximum atomic E-state index is 4.30. The minimum absolute atomic E-state index is 0.765. The molecule has 0 atom stereocenters. The van der Waals surface area contributed by atoms with Gasteiger partial charge >= 0.3 is 0 Å². The zero-order valence-corrected chi connectivity index (χ0v) is 13.2. The van der Waals surface area contributed by atoms with Gasteiger partial charge in [0, 0.05) is 32.0 Å². The Morgan fingerprint density at radius 1 is 1.25 bits per heavy atom. The first-order valence-corrected chi connectivity index (χ1v) is 7.48.